The molecule has 24 heavy (non-hydrogen) atoms. The zero-order valence-electron chi connectivity index (χ0n) is 15.2. The minimum absolute atomic E-state index is 0.0512. The van der Waals surface area contributed by atoms with Crippen LogP contribution in [0.2, 0.25) is 0 Å². The Hall–Kier alpha value is -0.700. The Kier molecular flexibility index (Phi) is 7.03. The molecular formula is C16H32N4O3S. The molecular weight excluding hydrogens is 328 g/mol. The number of piperidine rings is 1. The smallest absolute Gasteiger partial charge is 0.279 e. The number of likely N-dealkylation sites (N-methyl/N-ethyl adjacent to an activating group) is 2. The Balaban J connectivity index is 1.90. The molecule has 1 unspecified atom stereocenters. The fourth-order valence-corrected chi connectivity index (χ4v) is 4.83. The quantitative estimate of drug-likeness (QED) is 0.717. The second-order valence-electron chi connectivity index (χ2n) is 6.68. The number of nitrogens with zero attached hydrogens (tertiary/aromatic N) is 3. The van der Waals surface area contributed by atoms with Gasteiger partial charge in [0.05, 0.1) is 0 Å². The van der Waals surface area contributed by atoms with E-state index in [4.69, 9.17) is 0 Å². The summed E-state index contributed by atoms with van der Waals surface area (Å²) in [5.41, 5.74) is 0. The van der Waals surface area contributed by atoms with Crippen molar-refractivity contribution < 1.29 is 13.2 Å². The maximum atomic E-state index is 12.9. The topological polar surface area (TPSA) is 73.0 Å². The summed E-state index contributed by atoms with van der Waals surface area (Å²) in [6.45, 7) is 8.74. The first kappa shape index (κ1) is 19.6. The molecule has 0 aromatic rings. The SMILES string of the molecule is CCN(CC1CCCN1CC)C(=O)C1CCN(S(=O)(=O)NC)CC1. The van der Waals surface area contributed by atoms with E-state index < -0.39 is 10.2 Å². The van der Waals surface area contributed by atoms with Crippen LogP contribution >= 0.6 is 0 Å². The number of hydrogen-bond donors (Lipinski definition) is 1. The van der Waals surface area contributed by atoms with Crippen LogP contribution in [0.15, 0.2) is 0 Å². The first-order valence-corrected chi connectivity index (χ1v) is 10.6. The monoisotopic (exact) mass is 360 g/mol. The molecule has 2 aliphatic rings. The summed E-state index contributed by atoms with van der Waals surface area (Å²) in [6, 6.07) is 0.476. The number of carbonyl (C=O) groups is 1. The fraction of sp³-hybridized carbons (Fsp3) is 0.938. The van der Waals surface area contributed by atoms with Crippen molar-refractivity contribution in [1.82, 2.24) is 18.8 Å². The molecule has 0 saturated carbocycles. The number of nitrogens with one attached hydrogen (secondary N) is 1. The van der Waals surface area contributed by atoms with Gasteiger partial charge in [-0.25, -0.2) is 4.72 Å². The van der Waals surface area contributed by atoms with Crippen molar-refractivity contribution >= 4 is 16.1 Å². The first-order chi connectivity index (χ1) is 11.4. The Labute approximate surface area is 146 Å². The van der Waals surface area contributed by atoms with Crippen molar-refractivity contribution in [2.45, 2.75) is 45.6 Å². The lowest BCUT2D eigenvalue weighted by Gasteiger charge is -2.35. The molecule has 2 rings (SSSR count). The molecule has 2 aliphatic heterocycles. The van der Waals surface area contributed by atoms with Crippen LogP contribution in [0.5, 0.6) is 0 Å². The van der Waals surface area contributed by atoms with E-state index in [2.05, 4.69) is 16.5 Å². The van der Waals surface area contributed by atoms with Crippen molar-refractivity contribution in [2.75, 3.05) is 46.3 Å². The van der Waals surface area contributed by atoms with Crippen LogP contribution in [0.1, 0.15) is 39.5 Å². The highest BCUT2D eigenvalue weighted by Crippen LogP contribution is 2.23. The van der Waals surface area contributed by atoms with E-state index in [1.165, 1.54) is 17.8 Å². The third-order valence-corrected chi connectivity index (χ3v) is 6.99. The molecule has 1 atom stereocenters. The largest absolute Gasteiger partial charge is 0.341 e. The second kappa shape index (κ2) is 8.60. The maximum Gasteiger partial charge on any atom is 0.279 e. The molecule has 0 spiro atoms. The number of likely N-dealkylation sites (tertiary alicyclic amines) is 1. The third kappa shape index (κ3) is 4.47. The van der Waals surface area contributed by atoms with Crippen LogP contribution in [0.25, 0.3) is 0 Å². The minimum atomic E-state index is -3.37. The van der Waals surface area contributed by atoms with Gasteiger partial charge in [-0.3, -0.25) is 9.69 Å². The van der Waals surface area contributed by atoms with E-state index in [1.807, 2.05) is 11.8 Å². The summed E-state index contributed by atoms with van der Waals surface area (Å²) >= 11 is 0. The number of rotatable bonds is 7. The van der Waals surface area contributed by atoms with Crippen molar-refractivity contribution in [3.05, 3.63) is 0 Å². The fourth-order valence-electron chi connectivity index (χ4n) is 3.88. The summed E-state index contributed by atoms with van der Waals surface area (Å²) in [5.74, 6) is 0.145. The van der Waals surface area contributed by atoms with E-state index in [9.17, 15) is 13.2 Å². The summed E-state index contributed by atoms with van der Waals surface area (Å²) in [6.07, 6.45) is 3.60. The molecule has 1 N–H and O–H groups in total. The zero-order valence-corrected chi connectivity index (χ0v) is 16.0. The van der Waals surface area contributed by atoms with Crippen LogP contribution in [0.3, 0.4) is 0 Å². The summed E-state index contributed by atoms with van der Waals surface area (Å²) in [7, 11) is -1.95. The Morgan fingerprint density at radius 1 is 1.17 bits per heavy atom. The molecule has 0 aliphatic carbocycles. The standard InChI is InChI=1S/C16H32N4O3S/c1-4-18-10-6-7-15(18)13-19(5-2)16(21)14-8-11-20(12-9-14)24(22,23)17-3/h14-15,17H,4-13H2,1-3H3. The molecule has 1 amide bonds. The average Bonchev–Trinajstić information content (AvgIpc) is 3.06. The molecule has 0 radical (unpaired) electrons. The maximum absolute atomic E-state index is 12.9. The number of carbonyl (C=O) groups excluding carboxylic acids is 1. The predicted octanol–water partition coefficient (Wildman–Crippen LogP) is 0.495. The van der Waals surface area contributed by atoms with E-state index in [0.717, 1.165) is 32.6 Å². The Morgan fingerprint density at radius 3 is 2.38 bits per heavy atom. The van der Waals surface area contributed by atoms with Gasteiger partial charge < -0.3 is 4.90 Å². The van der Waals surface area contributed by atoms with Crippen molar-refractivity contribution in [3.8, 4) is 0 Å². The van der Waals surface area contributed by atoms with Gasteiger partial charge in [0.15, 0.2) is 0 Å². The second-order valence-corrected chi connectivity index (χ2v) is 8.56. The highest BCUT2D eigenvalue weighted by molar-refractivity contribution is 7.87. The van der Waals surface area contributed by atoms with E-state index in [-0.39, 0.29) is 11.8 Å². The van der Waals surface area contributed by atoms with Gasteiger partial charge >= 0.3 is 0 Å². The predicted molar refractivity (Wildman–Crippen MR) is 94.8 cm³/mol. The van der Waals surface area contributed by atoms with Gasteiger partial charge in [0.2, 0.25) is 5.91 Å². The molecule has 140 valence electrons. The summed E-state index contributed by atoms with van der Waals surface area (Å²) in [5, 5.41) is 0. The van der Waals surface area contributed by atoms with Crippen molar-refractivity contribution in [2.24, 2.45) is 5.92 Å². The molecule has 2 fully saturated rings. The lowest BCUT2D eigenvalue weighted by Crippen LogP contribution is -2.49. The Bertz CT molecular complexity index is 517. The van der Waals surface area contributed by atoms with Crippen LogP contribution in [0, 0.1) is 5.92 Å². The summed E-state index contributed by atoms with van der Waals surface area (Å²) in [4.78, 5) is 17.3. The van der Waals surface area contributed by atoms with Crippen LogP contribution in [-0.4, -0.2) is 80.8 Å². The van der Waals surface area contributed by atoms with E-state index in [1.54, 1.807) is 0 Å². The highest BCUT2D eigenvalue weighted by Gasteiger charge is 2.34. The number of hydrogen-bond acceptors (Lipinski definition) is 4. The molecule has 8 heteroatoms. The molecule has 2 heterocycles. The molecule has 0 aromatic carbocycles. The third-order valence-electron chi connectivity index (χ3n) is 5.43. The van der Waals surface area contributed by atoms with E-state index in [0.29, 0.717) is 32.0 Å². The van der Waals surface area contributed by atoms with Gasteiger partial charge in [0, 0.05) is 45.2 Å². The lowest BCUT2D eigenvalue weighted by molar-refractivity contribution is -0.137. The summed E-state index contributed by atoms with van der Waals surface area (Å²) < 4.78 is 27.4. The average molecular weight is 361 g/mol. The molecule has 7 nitrogen and oxygen atoms in total. The van der Waals surface area contributed by atoms with Gasteiger partial charge in [0.25, 0.3) is 10.2 Å². The molecule has 2 saturated heterocycles. The van der Waals surface area contributed by atoms with Gasteiger partial charge in [-0.05, 0) is 45.7 Å². The van der Waals surface area contributed by atoms with Crippen LogP contribution in [-0.2, 0) is 15.0 Å². The molecule has 0 aromatic heterocycles. The Morgan fingerprint density at radius 2 is 1.83 bits per heavy atom. The van der Waals surface area contributed by atoms with Gasteiger partial charge in [0.1, 0.15) is 0 Å². The van der Waals surface area contributed by atoms with Crippen molar-refractivity contribution in [1.29, 1.82) is 0 Å². The first-order valence-electron chi connectivity index (χ1n) is 9.14. The van der Waals surface area contributed by atoms with Gasteiger partial charge in [-0.2, -0.15) is 12.7 Å². The molecule has 0 bridgehead atoms. The van der Waals surface area contributed by atoms with Crippen molar-refractivity contribution in [3.63, 3.8) is 0 Å². The van der Waals surface area contributed by atoms with Crippen LogP contribution < -0.4 is 4.72 Å². The normalized spacial score (nSPS) is 24.4. The lowest BCUT2D eigenvalue weighted by atomic mass is 9.96. The highest BCUT2D eigenvalue weighted by atomic mass is 32.2. The van der Waals surface area contributed by atoms with E-state index >= 15 is 0 Å². The van der Waals surface area contributed by atoms with Gasteiger partial charge in [-0.1, -0.05) is 6.92 Å². The number of amides is 1. The minimum Gasteiger partial charge on any atom is -0.341 e. The van der Waals surface area contributed by atoms with Gasteiger partial charge in [-0.15, -0.1) is 0 Å². The zero-order chi connectivity index (χ0) is 17.7. The van der Waals surface area contributed by atoms with Crippen LogP contribution in [0.4, 0.5) is 0 Å².